The zero-order chi connectivity index (χ0) is 19.8. The average Bonchev–Trinajstić information content (AvgIpc) is 2.72. The van der Waals surface area contributed by atoms with Crippen molar-refractivity contribution in [3.63, 3.8) is 0 Å². The molecule has 3 aromatic rings. The third-order valence-corrected chi connectivity index (χ3v) is 3.72. The number of nitrogens with zero attached hydrogens (tertiary/aromatic N) is 1. The second kappa shape index (κ2) is 9.18. The molecule has 3 rings (SSSR count). The fourth-order valence-corrected chi connectivity index (χ4v) is 2.38. The first-order valence-electron chi connectivity index (χ1n) is 8.50. The van der Waals surface area contributed by atoms with Gasteiger partial charge in [-0.3, -0.25) is 10.1 Å². The zero-order valence-electron chi connectivity index (χ0n) is 14.8. The van der Waals surface area contributed by atoms with Gasteiger partial charge in [0.1, 0.15) is 24.7 Å². The lowest BCUT2D eigenvalue weighted by Gasteiger charge is -2.09. The van der Waals surface area contributed by atoms with E-state index in [9.17, 15) is 14.9 Å². The first-order chi connectivity index (χ1) is 13.6. The highest BCUT2D eigenvalue weighted by atomic mass is 16.6. The highest BCUT2D eigenvalue weighted by Crippen LogP contribution is 2.26. The minimum atomic E-state index is -0.687. The van der Waals surface area contributed by atoms with Crippen molar-refractivity contribution in [2.45, 2.75) is 0 Å². The molecule has 0 aromatic heterocycles. The maximum Gasteiger partial charge on any atom is 0.343 e. The fraction of sp³-hybridized carbons (Fsp3) is 0.0952. The van der Waals surface area contributed by atoms with Crippen LogP contribution in [0.15, 0.2) is 78.9 Å². The van der Waals surface area contributed by atoms with E-state index in [1.165, 1.54) is 30.3 Å². The van der Waals surface area contributed by atoms with Crippen LogP contribution in [0.3, 0.4) is 0 Å². The average molecular weight is 379 g/mol. The molecule has 0 aliphatic heterocycles. The predicted octanol–water partition coefficient (Wildman–Crippen LogP) is 4.27. The Hall–Kier alpha value is -3.87. The highest BCUT2D eigenvalue weighted by molar-refractivity contribution is 5.91. The number of benzene rings is 3. The molecule has 0 saturated carbocycles. The third kappa shape index (κ3) is 5.07. The van der Waals surface area contributed by atoms with E-state index in [4.69, 9.17) is 14.2 Å². The Morgan fingerprint density at radius 3 is 2.00 bits per heavy atom. The molecular formula is C21H17NO6. The van der Waals surface area contributed by atoms with E-state index in [-0.39, 0.29) is 17.0 Å². The van der Waals surface area contributed by atoms with Crippen LogP contribution in [0.4, 0.5) is 5.69 Å². The van der Waals surface area contributed by atoms with Crippen LogP contribution in [0.2, 0.25) is 0 Å². The number of rotatable bonds is 8. The molecule has 142 valence electrons. The lowest BCUT2D eigenvalue weighted by molar-refractivity contribution is -0.385. The Kier molecular flexibility index (Phi) is 6.20. The minimum Gasteiger partial charge on any atom is -0.490 e. The summed E-state index contributed by atoms with van der Waals surface area (Å²) >= 11 is 0. The molecule has 0 saturated heterocycles. The van der Waals surface area contributed by atoms with Crippen LogP contribution in [0, 0.1) is 10.1 Å². The van der Waals surface area contributed by atoms with Crippen molar-refractivity contribution in [1.29, 1.82) is 0 Å². The maximum absolute atomic E-state index is 12.2. The van der Waals surface area contributed by atoms with Crippen LogP contribution in [-0.2, 0) is 0 Å². The van der Waals surface area contributed by atoms with Crippen molar-refractivity contribution in [2.24, 2.45) is 0 Å². The van der Waals surface area contributed by atoms with E-state index >= 15 is 0 Å². The van der Waals surface area contributed by atoms with E-state index in [1.807, 2.05) is 30.3 Å². The molecule has 7 heteroatoms. The Morgan fingerprint density at radius 2 is 1.36 bits per heavy atom. The smallest absolute Gasteiger partial charge is 0.343 e. The van der Waals surface area contributed by atoms with Crippen LogP contribution in [-0.4, -0.2) is 24.1 Å². The highest BCUT2D eigenvalue weighted by Gasteiger charge is 2.18. The van der Waals surface area contributed by atoms with Crippen molar-refractivity contribution in [2.75, 3.05) is 13.2 Å². The van der Waals surface area contributed by atoms with Gasteiger partial charge in [-0.05, 0) is 42.5 Å². The van der Waals surface area contributed by atoms with Gasteiger partial charge in [-0.2, -0.15) is 0 Å². The van der Waals surface area contributed by atoms with Crippen LogP contribution < -0.4 is 14.2 Å². The topological polar surface area (TPSA) is 87.9 Å². The third-order valence-electron chi connectivity index (χ3n) is 3.72. The van der Waals surface area contributed by atoms with Gasteiger partial charge >= 0.3 is 11.7 Å². The number of hydrogen-bond donors (Lipinski definition) is 0. The van der Waals surface area contributed by atoms with Crippen molar-refractivity contribution >= 4 is 11.7 Å². The molecule has 0 unspecified atom stereocenters. The largest absolute Gasteiger partial charge is 0.490 e. The molecule has 0 bridgehead atoms. The molecule has 0 aliphatic rings. The molecule has 7 nitrogen and oxygen atoms in total. The van der Waals surface area contributed by atoms with Crippen molar-refractivity contribution in [1.82, 2.24) is 0 Å². The summed E-state index contributed by atoms with van der Waals surface area (Å²) in [5, 5.41) is 11.0. The van der Waals surface area contributed by atoms with Gasteiger partial charge in [-0.15, -0.1) is 0 Å². The van der Waals surface area contributed by atoms with Gasteiger partial charge in [0.05, 0.1) is 10.5 Å². The number of carbonyl (C=O) groups is 1. The van der Waals surface area contributed by atoms with Gasteiger partial charge < -0.3 is 14.2 Å². The molecule has 0 radical (unpaired) electrons. The molecular weight excluding hydrogens is 362 g/mol. The summed E-state index contributed by atoms with van der Waals surface area (Å²) in [4.78, 5) is 22.6. The lowest BCUT2D eigenvalue weighted by atomic mass is 10.2. The molecule has 0 spiro atoms. The molecule has 0 heterocycles. The van der Waals surface area contributed by atoms with Crippen molar-refractivity contribution in [3.8, 4) is 17.2 Å². The van der Waals surface area contributed by atoms with E-state index in [2.05, 4.69) is 0 Å². The maximum atomic E-state index is 12.2. The summed E-state index contributed by atoms with van der Waals surface area (Å²) < 4.78 is 16.2. The fourth-order valence-electron chi connectivity index (χ4n) is 2.38. The Morgan fingerprint density at radius 1 is 0.786 bits per heavy atom. The summed E-state index contributed by atoms with van der Waals surface area (Å²) in [6.07, 6.45) is 0. The van der Waals surface area contributed by atoms with Crippen LogP contribution in [0.25, 0.3) is 0 Å². The Balaban J connectivity index is 1.52. The Labute approximate surface area is 161 Å². The van der Waals surface area contributed by atoms with E-state index in [0.29, 0.717) is 19.0 Å². The van der Waals surface area contributed by atoms with Crippen LogP contribution in [0.1, 0.15) is 10.4 Å². The van der Waals surface area contributed by atoms with E-state index in [0.717, 1.165) is 5.75 Å². The first kappa shape index (κ1) is 18.9. The summed E-state index contributed by atoms with van der Waals surface area (Å²) in [5.74, 6) is 0.544. The van der Waals surface area contributed by atoms with Crippen LogP contribution >= 0.6 is 0 Å². The van der Waals surface area contributed by atoms with E-state index < -0.39 is 10.9 Å². The Bertz CT molecular complexity index is 941. The molecule has 0 fully saturated rings. The molecule has 3 aromatic carbocycles. The number of nitro benzene ring substituents is 1. The van der Waals surface area contributed by atoms with Gasteiger partial charge in [0.2, 0.25) is 5.75 Å². The standard InChI is InChI=1S/C21H17NO6/c23-21(28-20-9-5-4-8-19(20)22(24)25)16-10-12-18(13-11-16)27-15-14-26-17-6-2-1-3-7-17/h1-13H,14-15H2. The summed E-state index contributed by atoms with van der Waals surface area (Å²) in [6.45, 7) is 0.723. The molecule has 0 aliphatic carbocycles. The number of para-hydroxylation sites is 3. The van der Waals surface area contributed by atoms with Gasteiger partial charge in [0.15, 0.2) is 0 Å². The molecule has 28 heavy (non-hydrogen) atoms. The molecule has 0 atom stereocenters. The van der Waals surface area contributed by atoms with Crippen LogP contribution in [0.5, 0.6) is 17.2 Å². The number of carbonyl (C=O) groups excluding carboxylic acids is 1. The summed E-state index contributed by atoms with van der Waals surface area (Å²) in [6, 6.07) is 21.4. The normalized spacial score (nSPS) is 10.1. The van der Waals surface area contributed by atoms with Gasteiger partial charge in [0, 0.05) is 6.07 Å². The second-order valence-electron chi connectivity index (χ2n) is 5.65. The summed E-state index contributed by atoms with van der Waals surface area (Å²) in [5.41, 5.74) is -0.0137. The van der Waals surface area contributed by atoms with Crippen molar-refractivity contribution in [3.05, 3.63) is 94.5 Å². The van der Waals surface area contributed by atoms with E-state index in [1.54, 1.807) is 18.2 Å². The number of nitro groups is 1. The monoisotopic (exact) mass is 379 g/mol. The first-order valence-corrected chi connectivity index (χ1v) is 8.50. The number of ether oxygens (including phenoxy) is 3. The zero-order valence-corrected chi connectivity index (χ0v) is 14.8. The lowest BCUT2D eigenvalue weighted by Crippen LogP contribution is -2.11. The predicted molar refractivity (Wildman–Crippen MR) is 102 cm³/mol. The number of hydrogen-bond acceptors (Lipinski definition) is 6. The molecule has 0 amide bonds. The summed E-state index contributed by atoms with van der Waals surface area (Å²) in [7, 11) is 0. The van der Waals surface area contributed by atoms with Gasteiger partial charge in [-0.1, -0.05) is 30.3 Å². The minimum absolute atomic E-state index is 0.101. The van der Waals surface area contributed by atoms with Gasteiger partial charge in [0.25, 0.3) is 0 Å². The second-order valence-corrected chi connectivity index (χ2v) is 5.65. The number of esters is 1. The molecule has 0 N–H and O–H groups in total. The quantitative estimate of drug-likeness (QED) is 0.191. The van der Waals surface area contributed by atoms with Gasteiger partial charge in [-0.25, -0.2) is 4.79 Å². The van der Waals surface area contributed by atoms with Crippen molar-refractivity contribution < 1.29 is 23.9 Å². The SMILES string of the molecule is O=C(Oc1ccccc1[N+](=O)[O-])c1ccc(OCCOc2ccccc2)cc1.